The molecule has 0 saturated heterocycles. The van der Waals surface area contributed by atoms with Crippen LogP contribution in [0, 0.1) is 41.0 Å². The first-order chi connectivity index (χ1) is 20.4. The van der Waals surface area contributed by atoms with Gasteiger partial charge in [0.1, 0.15) is 0 Å². The van der Waals surface area contributed by atoms with Crippen LogP contribution in [0.4, 0.5) is 17.6 Å². The van der Waals surface area contributed by atoms with Gasteiger partial charge in [-0.3, -0.25) is 0 Å². The van der Waals surface area contributed by atoms with Gasteiger partial charge < -0.3 is 4.74 Å². The number of hydrogen-bond donors (Lipinski definition) is 0. The van der Waals surface area contributed by atoms with Crippen LogP contribution >= 0.6 is 0 Å². The lowest BCUT2D eigenvalue weighted by Crippen LogP contribution is -2.23. The summed E-state index contributed by atoms with van der Waals surface area (Å²) >= 11 is 0. The van der Waals surface area contributed by atoms with Crippen molar-refractivity contribution in [3.63, 3.8) is 0 Å². The molecule has 1 unspecified atom stereocenters. The predicted octanol–water partition coefficient (Wildman–Crippen LogP) is 11.3. The second kappa shape index (κ2) is 13.8. The third-order valence-electron chi connectivity index (χ3n) is 9.23. The van der Waals surface area contributed by atoms with Gasteiger partial charge in [0, 0.05) is 16.7 Å². The molecule has 2 aliphatic rings. The fourth-order valence-corrected chi connectivity index (χ4v) is 6.76. The molecule has 3 aromatic carbocycles. The quantitative estimate of drug-likeness (QED) is 0.172. The molecule has 5 heteroatoms. The predicted molar refractivity (Wildman–Crippen MR) is 163 cm³/mol. The molecule has 0 bridgehead atoms. The van der Waals surface area contributed by atoms with E-state index in [0.717, 1.165) is 43.1 Å². The maximum Gasteiger partial charge on any atom is 0.201 e. The molecule has 2 aliphatic carbocycles. The molecule has 1 nitrogen and oxygen atoms in total. The third kappa shape index (κ3) is 6.50. The van der Waals surface area contributed by atoms with Gasteiger partial charge in [-0.2, -0.15) is 4.39 Å². The summed E-state index contributed by atoms with van der Waals surface area (Å²) in [6.45, 7) is 6.02. The summed E-state index contributed by atoms with van der Waals surface area (Å²) in [4.78, 5) is 0. The van der Waals surface area contributed by atoms with E-state index in [1.807, 2.05) is 13.0 Å². The molecule has 42 heavy (non-hydrogen) atoms. The molecule has 5 rings (SSSR count). The topological polar surface area (TPSA) is 9.23 Å². The van der Waals surface area contributed by atoms with Gasteiger partial charge >= 0.3 is 0 Å². The summed E-state index contributed by atoms with van der Waals surface area (Å²) in [5.74, 6) is -1.72. The molecule has 0 spiro atoms. The Morgan fingerprint density at radius 3 is 1.93 bits per heavy atom. The Morgan fingerprint density at radius 2 is 1.33 bits per heavy atom. The maximum atomic E-state index is 15.4. The van der Waals surface area contributed by atoms with Crippen LogP contribution in [0.5, 0.6) is 5.75 Å². The lowest BCUT2D eigenvalue weighted by Gasteiger charge is -2.35. The van der Waals surface area contributed by atoms with Crippen molar-refractivity contribution in [2.75, 3.05) is 6.61 Å². The van der Waals surface area contributed by atoms with E-state index in [9.17, 15) is 8.78 Å². The first-order valence-electron chi connectivity index (χ1n) is 15.4. The van der Waals surface area contributed by atoms with Crippen LogP contribution in [0.2, 0.25) is 0 Å². The molecular weight excluding hydrogens is 536 g/mol. The van der Waals surface area contributed by atoms with E-state index in [1.54, 1.807) is 36.4 Å². The van der Waals surface area contributed by atoms with Gasteiger partial charge in [-0.1, -0.05) is 68.3 Å². The zero-order valence-corrected chi connectivity index (χ0v) is 24.4. The van der Waals surface area contributed by atoms with E-state index < -0.39 is 23.3 Å². The Balaban J connectivity index is 1.26. The van der Waals surface area contributed by atoms with Gasteiger partial charge in [0.15, 0.2) is 23.2 Å². The monoisotopic (exact) mass is 576 g/mol. The summed E-state index contributed by atoms with van der Waals surface area (Å²) in [6.07, 6.45) is 15.0. The van der Waals surface area contributed by atoms with Crippen molar-refractivity contribution in [3.8, 4) is 28.0 Å². The average Bonchev–Trinajstić information content (AvgIpc) is 3.03. The zero-order valence-electron chi connectivity index (χ0n) is 24.4. The molecule has 1 atom stereocenters. The summed E-state index contributed by atoms with van der Waals surface area (Å²) < 4.78 is 65.2. The van der Waals surface area contributed by atoms with Crippen molar-refractivity contribution in [2.45, 2.75) is 71.1 Å². The van der Waals surface area contributed by atoms with Crippen molar-refractivity contribution in [1.82, 2.24) is 0 Å². The van der Waals surface area contributed by atoms with E-state index in [2.05, 4.69) is 12.7 Å². The molecule has 222 valence electrons. The highest BCUT2D eigenvalue weighted by Gasteiger charge is 2.29. The first-order valence-corrected chi connectivity index (χ1v) is 15.4. The minimum atomic E-state index is -1.04. The highest BCUT2D eigenvalue weighted by atomic mass is 19.2. The Bertz CT molecular complexity index is 1420. The smallest absolute Gasteiger partial charge is 0.201 e. The number of benzene rings is 3. The Morgan fingerprint density at radius 1 is 0.738 bits per heavy atom. The number of allylic oxidation sites excluding steroid dienone is 3. The van der Waals surface area contributed by atoms with E-state index in [0.29, 0.717) is 35.6 Å². The van der Waals surface area contributed by atoms with Crippen molar-refractivity contribution >= 4 is 5.57 Å². The van der Waals surface area contributed by atoms with E-state index in [1.165, 1.54) is 44.2 Å². The summed E-state index contributed by atoms with van der Waals surface area (Å²) in [5.41, 5.74) is 2.33. The zero-order chi connectivity index (χ0) is 29.6. The fraction of sp³-hybridized carbons (Fsp3) is 0.405. The van der Waals surface area contributed by atoms with E-state index in [-0.39, 0.29) is 16.9 Å². The second-order valence-electron chi connectivity index (χ2n) is 11.9. The normalized spacial score (nSPS) is 20.7. The number of ether oxygens (including phenoxy) is 1. The van der Waals surface area contributed by atoms with Crippen molar-refractivity contribution in [3.05, 3.63) is 96.1 Å². The lowest BCUT2D eigenvalue weighted by atomic mass is 9.70. The molecule has 3 aromatic rings. The minimum Gasteiger partial charge on any atom is -0.490 e. The summed E-state index contributed by atoms with van der Waals surface area (Å²) in [5, 5.41) is 0. The average molecular weight is 577 g/mol. The lowest BCUT2D eigenvalue weighted by molar-refractivity contribution is 0.190. The van der Waals surface area contributed by atoms with Crippen LogP contribution in [-0.2, 0) is 0 Å². The molecular formula is C37H40F4O. The highest BCUT2D eigenvalue weighted by molar-refractivity contribution is 5.74. The van der Waals surface area contributed by atoms with Gasteiger partial charge in [0.2, 0.25) is 5.82 Å². The van der Waals surface area contributed by atoms with Crippen LogP contribution in [0.3, 0.4) is 0 Å². The molecule has 0 amide bonds. The van der Waals surface area contributed by atoms with Gasteiger partial charge in [-0.25, -0.2) is 13.2 Å². The number of rotatable bonds is 10. The Labute approximate surface area is 247 Å². The molecule has 1 saturated carbocycles. The standard InChI is InChI=1S/C37H40F4O/c1-3-5-6-24-7-9-25(10-8-24)26-11-13-27(14-12-26)30-19-20-31(35(39)34(30)38)28-15-17-29(18-16-28)32-21-22-33(42-23-4-2)37(41)36(32)40/h3,13,15-22,24-26H,1,4-12,14,23H2,2H3. The molecule has 0 aromatic heterocycles. The minimum absolute atomic E-state index is 0.0770. The number of halogens is 4. The van der Waals surface area contributed by atoms with Crippen LogP contribution < -0.4 is 4.74 Å². The third-order valence-corrected chi connectivity index (χ3v) is 9.23. The molecule has 0 aliphatic heterocycles. The van der Waals surface area contributed by atoms with Gasteiger partial charge in [-0.15, -0.1) is 6.58 Å². The summed E-state index contributed by atoms with van der Waals surface area (Å²) in [7, 11) is 0. The fourth-order valence-electron chi connectivity index (χ4n) is 6.76. The van der Waals surface area contributed by atoms with Gasteiger partial charge in [0.05, 0.1) is 6.61 Å². The number of hydrogen-bond acceptors (Lipinski definition) is 1. The van der Waals surface area contributed by atoms with Crippen LogP contribution in [0.15, 0.2) is 67.3 Å². The second-order valence-corrected chi connectivity index (χ2v) is 11.9. The Kier molecular flexibility index (Phi) is 9.87. The Hall–Kier alpha value is -3.34. The van der Waals surface area contributed by atoms with Crippen LogP contribution in [0.25, 0.3) is 27.8 Å². The first kappa shape index (κ1) is 30.1. The molecule has 1 fully saturated rings. The van der Waals surface area contributed by atoms with Gasteiger partial charge in [0.25, 0.3) is 0 Å². The largest absolute Gasteiger partial charge is 0.490 e. The summed E-state index contributed by atoms with van der Waals surface area (Å²) in [6, 6.07) is 12.5. The molecule has 0 heterocycles. The van der Waals surface area contributed by atoms with E-state index in [4.69, 9.17) is 4.74 Å². The van der Waals surface area contributed by atoms with Crippen molar-refractivity contribution in [2.24, 2.45) is 17.8 Å². The molecule has 0 radical (unpaired) electrons. The SMILES string of the molecule is C=CCCC1CCC(C2CC=C(c3ccc(-c4ccc(-c5ccc(OCCC)c(F)c5F)cc4)c(F)c3F)CC2)CC1. The maximum absolute atomic E-state index is 15.4. The highest BCUT2D eigenvalue weighted by Crippen LogP contribution is 2.43. The van der Waals surface area contributed by atoms with Crippen molar-refractivity contribution < 1.29 is 22.3 Å². The van der Waals surface area contributed by atoms with Gasteiger partial charge in [-0.05, 0) is 98.0 Å². The van der Waals surface area contributed by atoms with Crippen LogP contribution in [-0.4, -0.2) is 6.61 Å². The van der Waals surface area contributed by atoms with Crippen LogP contribution in [0.1, 0.15) is 76.7 Å². The van der Waals surface area contributed by atoms with E-state index >= 15 is 8.78 Å². The van der Waals surface area contributed by atoms with Crippen molar-refractivity contribution in [1.29, 1.82) is 0 Å². The molecule has 0 N–H and O–H groups in total.